The van der Waals surface area contributed by atoms with Crippen LogP contribution >= 0.6 is 11.6 Å². The first-order valence-corrected chi connectivity index (χ1v) is 5.50. The lowest BCUT2D eigenvalue weighted by Crippen LogP contribution is -2.18. The third-order valence-electron chi connectivity index (χ3n) is 3.87. The maximum atomic E-state index is 5.90. The van der Waals surface area contributed by atoms with Crippen LogP contribution in [-0.4, -0.2) is 19.1 Å². The first-order valence-electron chi connectivity index (χ1n) is 4.97. The van der Waals surface area contributed by atoms with Gasteiger partial charge < -0.3 is 4.74 Å². The predicted octanol–water partition coefficient (Wildman–Crippen LogP) is 2.68. The number of ether oxygens (including phenoxy) is 1. The van der Waals surface area contributed by atoms with Crippen LogP contribution in [0.15, 0.2) is 0 Å². The maximum absolute atomic E-state index is 5.90. The predicted molar refractivity (Wildman–Crippen MR) is 50.5 cm³/mol. The van der Waals surface area contributed by atoms with Crippen LogP contribution in [-0.2, 0) is 4.74 Å². The molecule has 0 N–H and O–H groups in total. The minimum absolute atomic E-state index is 0.582. The molecule has 2 rings (SSSR count). The molecule has 1 saturated heterocycles. The van der Waals surface area contributed by atoms with E-state index in [-0.39, 0.29) is 0 Å². The van der Waals surface area contributed by atoms with E-state index in [0.29, 0.717) is 5.41 Å². The molecule has 0 aromatic carbocycles. The van der Waals surface area contributed by atoms with Crippen molar-refractivity contribution in [1.82, 2.24) is 0 Å². The Kier molecular flexibility index (Phi) is 2.35. The van der Waals surface area contributed by atoms with E-state index in [1.165, 1.54) is 19.3 Å². The highest BCUT2D eigenvalue weighted by atomic mass is 35.5. The molecule has 2 heteroatoms. The molecule has 1 aliphatic heterocycles. The van der Waals surface area contributed by atoms with Crippen molar-refractivity contribution in [2.45, 2.75) is 26.2 Å². The molecule has 2 aliphatic rings. The maximum Gasteiger partial charge on any atom is 0.0500 e. The van der Waals surface area contributed by atoms with Gasteiger partial charge in [0.1, 0.15) is 0 Å². The minimum Gasteiger partial charge on any atom is -0.381 e. The Hall–Kier alpha value is 0.250. The molecule has 2 fully saturated rings. The van der Waals surface area contributed by atoms with Crippen molar-refractivity contribution in [2.75, 3.05) is 19.1 Å². The van der Waals surface area contributed by atoms with Crippen LogP contribution in [0.2, 0.25) is 0 Å². The van der Waals surface area contributed by atoms with Crippen LogP contribution < -0.4 is 0 Å². The molecule has 1 nitrogen and oxygen atoms in total. The van der Waals surface area contributed by atoms with Gasteiger partial charge in [-0.05, 0) is 36.5 Å². The summed E-state index contributed by atoms with van der Waals surface area (Å²) in [7, 11) is 0. The Labute approximate surface area is 79.4 Å². The average molecular weight is 189 g/mol. The number of hydrogen-bond acceptors (Lipinski definition) is 1. The Morgan fingerprint density at radius 1 is 1.58 bits per heavy atom. The van der Waals surface area contributed by atoms with Gasteiger partial charge in [-0.2, -0.15) is 0 Å². The van der Waals surface area contributed by atoms with E-state index >= 15 is 0 Å². The van der Waals surface area contributed by atoms with Gasteiger partial charge in [-0.15, -0.1) is 11.6 Å². The highest BCUT2D eigenvalue weighted by Crippen LogP contribution is 2.62. The second-order valence-electron chi connectivity index (χ2n) is 4.20. The summed E-state index contributed by atoms with van der Waals surface area (Å²) in [6.45, 7) is 4.26. The van der Waals surface area contributed by atoms with Crippen LogP contribution in [0.4, 0.5) is 0 Å². The summed E-state index contributed by atoms with van der Waals surface area (Å²) < 4.78 is 5.44. The number of rotatable bonds is 3. The van der Waals surface area contributed by atoms with E-state index in [1.807, 2.05) is 0 Å². The lowest BCUT2D eigenvalue weighted by Gasteiger charge is -2.21. The topological polar surface area (TPSA) is 9.23 Å². The van der Waals surface area contributed by atoms with Crippen molar-refractivity contribution in [3.05, 3.63) is 0 Å². The number of alkyl halides is 1. The van der Waals surface area contributed by atoms with Gasteiger partial charge in [0.05, 0.1) is 6.61 Å². The lowest BCUT2D eigenvalue weighted by atomic mass is 9.84. The third kappa shape index (κ3) is 1.18. The van der Waals surface area contributed by atoms with Crippen LogP contribution in [0.25, 0.3) is 0 Å². The van der Waals surface area contributed by atoms with E-state index in [9.17, 15) is 0 Å². The minimum atomic E-state index is 0.582. The van der Waals surface area contributed by atoms with Gasteiger partial charge in [0, 0.05) is 12.5 Å². The largest absolute Gasteiger partial charge is 0.381 e. The zero-order valence-electron chi connectivity index (χ0n) is 7.68. The monoisotopic (exact) mass is 188 g/mol. The quantitative estimate of drug-likeness (QED) is 0.619. The van der Waals surface area contributed by atoms with Crippen molar-refractivity contribution in [1.29, 1.82) is 0 Å². The fourth-order valence-corrected chi connectivity index (χ4v) is 3.23. The molecule has 1 saturated carbocycles. The van der Waals surface area contributed by atoms with Gasteiger partial charge in [-0.1, -0.05) is 6.92 Å². The van der Waals surface area contributed by atoms with Crippen molar-refractivity contribution < 1.29 is 4.74 Å². The van der Waals surface area contributed by atoms with Crippen LogP contribution in [0.3, 0.4) is 0 Å². The van der Waals surface area contributed by atoms with E-state index < -0.39 is 0 Å². The van der Waals surface area contributed by atoms with Crippen molar-refractivity contribution in [2.24, 2.45) is 17.3 Å². The van der Waals surface area contributed by atoms with Gasteiger partial charge in [-0.25, -0.2) is 0 Å². The Bertz CT molecular complexity index is 165. The highest BCUT2D eigenvalue weighted by molar-refractivity contribution is 6.18. The first kappa shape index (κ1) is 8.83. The summed E-state index contributed by atoms with van der Waals surface area (Å²) >= 11 is 5.90. The fraction of sp³-hybridized carbons (Fsp3) is 1.00. The molecule has 3 unspecified atom stereocenters. The molecule has 70 valence electrons. The van der Waals surface area contributed by atoms with Crippen molar-refractivity contribution in [3.8, 4) is 0 Å². The van der Waals surface area contributed by atoms with E-state index in [1.54, 1.807) is 0 Å². The molecule has 1 aliphatic carbocycles. The molecule has 3 atom stereocenters. The first-order chi connectivity index (χ1) is 5.83. The second-order valence-corrected chi connectivity index (χ2v) is 4.51. The molecule has 0 amide bonds. The standard InChI is InChI=1S/C10H17ClO/c1-2-10(5-9(10)6-11)8-3-4-12-7-8/h8-9H,2-7H2,1H3. The van der Waals surface area contributed by atoms with E-state index in [0.717, 1.165) is 30.9 Å². The lowest BCUT2D eigenvalue weighted by molar-refractivity contribution is 0.161. The summed E-state index contributed by atoms with van der Waals surface area (Å²) in [5, 5.41) is 0. The summed E-state index contributed by atoms with van der Waals surface area (Å²) in [5.74, 6) is 2.45. The summed E-state index contributed by atoms with van der Waals surface area (Å²) in [6.07, 6.45) is 3.90. The van der Waals surface area contributed by atoms with Crippen LogP contribution in [0.1, 0.15) is 26.2 Å². The van der Waals surface area contributed by atoms with E-state index in [2.05, 4.69) is 6.92 Å². The molecule has 0 aromatic rings. The zero-order chi connectivity index (χ0) is 8.60. The number of halogens is 1. The molecular formula is C10H17ClO. The molecular weight excluding hydrogens is 172 g/mol. The van der Waals surface area contributed by atoms with Crippen LogP contribution in [0.5, 0.6) is 0 Å². The molecule has 1 heterocycles. The highest BCUT2D eigenvalue weighted by Gasteiger charge is 2.57. The normalized spacial score (nSPS) is 46.5. The van der Waals surface area contributed by atoms with Gasteiger partial charge in [0.25, 0.3) is 0 Å². The third-order valence-corrected chi connectivity index (χ3v) is 4.24. The molecule has 0 radical (unpaired) electrons. The van der Waals surface area contributed by atoms with Crippen molar-refractivity contribution in [3.63, 3.8) is 0 Å². The summed E-state index contributed by atoms with van der Waals surface area (Å²) in [4.78, 5) is 0. The van der Waals surface area contributed by atoms with Gasteiger partial charge >= 0.3 is 0 Å². The molecule has 0 spiro atoms. The molecule has 12 heavy (non-hydrogen) atoms. The smallest absolute Gasteiger partial charge is 0.0500 e. The second kappa shape index (κ2) is 3.19. The Morgan fingerprint density at radius 2 is 2.42 bits per heavy atom. The average Bonchev–Trinajstić information content (AvgIpc) is 2.57. The Balaban J connectivity index is 1.99. The van der Waals surface area contributed by atoms with Crippen LogP contribution in [0, 0.1) is 17.3 Å². The zero-order valence-corrected chi connectivity index (χ0v) is 8.44. The SMILES string of the molecule is CCC1(C2CCOC2)CC1CCl. The van der Waals surface area contributed by atoms with Gasteiger partial charge in [0.15, 0.2) is 0 Å². The fourth-order valence-electron chi connectivity index (χ4n) is 2.82. The molecule has 0 aromatic heterocycles. The van der Waals surface area contributed by atoms with Gasteiger partial charge in [0.2, 0.25) is 0 Å². The van der Waals surface area contributed by atoms with Crippen molar-refractivity contribution >= 4 is 11.6 Å². The number of hydrogen-bond donors (Lipinski definition) is 0. The van der Waals surface area contributed by atoms with Gasteiger partial charge in [-0.3, -0.25) is 0 Å². The van der Waals surface area contributed by atoms with E-state index in [4.69, 9.17) is 16.3 Å². The summed E-state index contributed by atoms with van der Waals surface area (Å²) in [6, 6.07) is 0. The summed E-state index contributed by atoms with van der Waals surface area (Å²) in [5.41, 5.74) is 0.582. The molecule has 0 bridgehead atoms. The Morgan fingerprint density at radius 3 is 2.83 bits per heavy atom.